The van der Waals surface area contributed by atoms with E-state index in [4.69, 9.17) is 0 Å². The molecule has 0 aromatic heterocycles. The average molecular weight is 585 g/mol. The molecule has 0 atom stereocenters. The molecule has 0 radical (unpaired) electrons. The molecule has 3 rings (SSSR count). The quantitative estimate of drug-likeness (QED) is 0.265. The first-order valence-electron chi connectivity index (χ1n) is 13.0. The third-order valence-electron chi connectivity index (χ3n) is 7.27. The molecule has 3 aromatic carbocycles. The van der Waals surface area contributed by atoms with Crippen LogP contribution < -0.4 is 5.32 Å². The summed E-state index contributed by atoms with van der Waals surface area (Å²) in [7, 11) is 2.93. The van der Waals surface area contributed by atoms with Crippen molar-refractivity contribution in [3.05, 3.63) is 88.0 Å². The topological polar surface area (TPSA) is 124 Å². The number of aliphatic carboxylic acids is 2. The fourth-order valence-electron chi connectivity index (χ4n) is 5.06. The fourth-order valence-corrected chi connectivity index (χ4v) is 5.06. The van der Waals surface area contributed by atoms with Gasteiger partial charge in [-0.25, -0.2) is 0 Å². The first-order chi connectivity index (χ1) is 19.6. The maximum absolute atomic E-state index is 13.7. The molecule has 11 heteroatoms. The molecule has 3 N–H and O–H groups in total. The predicted octanol–water partition coefficient (Wildman–Crippen LogP) is 6.01. The van der Waals surface area contributed by atoms with Crippen LogP contribution in [0.2, 0.25) is 0 Å². The van der Waals surface area contributed by atoms with Gasteiger partial charge in [0.2, 0.25) is 0 Å². The number of benzene rings is 3. The van der Waals surface area contributed by atoms with Crippen LogP contribution in [0.3, 0.4) is 0 Å². The average Bonchev–Trinajstić information content (AvgIpc) is 2.92. The van der Waals surface area contributed by atoms with Gasteiger partial charge in [0.05, 0.1) is 16.8 Å². The summed E-state index contributed by atoms with van der Waals surface area (Å²) >= 11 is 0. The molecule has 0 spiro atoms. The molecule has 8 nitrogen and oxygen atoms in total. The van der Waals surface area contributed by atoms with Crippen molar-refractivity contribution in [2.75, 3.05) is 19.4 Å². The van der Waals surface area contributed by atoms with Crippen LogP contribution in [-0.4, -0.2) is 53.0 Å². The van der Waals surface area contributed by atoms with E-state index in [0.29, 0.717) is 16.7 Å². The molecule has 0 saturated heterocycles. The molecule has 0 unspecified atom stereocenters. The first-order valence-corrected chi connectivity index (χ1v) is 13.0. The Morgan fingerprint density at radius 3 is 1.95 bits per heavy atom. The van der Waals surface area contributed by atoms with Crippen molar-refractivity contribution >= 4 is 29.4 Å². The zero-order chi connectivity index (χ0) is 31.6. The number of nitrogens with one attached hydrogen (secondary N) is 1. The van der Waals surface area contributed by atoms with E-state index in [1.165, 1.54) is 56.3 Å². The van der Waals surface area contributed by atoms with E-state index >= 15 is 0 Å². The lowest BCUT2D eigenvalue weighted by Gasteiger charge is -2.29. The molecule has 222 valence electrons. The number of hydrogen-bond donors (Lipinski definition) is 3. The zero-order valence-corrected chi connectivity index (χ0v) is 23.7. The van der Waals surface area contributed by atoms with Gasteiger partial charge in [0, 0.05) is 19.7 Å². The number of rotatable bonds is 9. The van der Waals surface area contributed by atoms with Gasteiger partial charge in [0.15, 0.2) is 5.41 Å². The Bertz CT molecular complexity index is 1530. The Morgan fingerprint density at radius 2 is 1.48 bits per heavy atom. The maximum atomic E-state index is 13.7. The molecule has 2 amide bonds. The molecule has 3 aromatic rings. The minimum absolute atomic E-state index is 0.0277. The summed E-state index contributed by atoms with van der Waals surface area (Å²) in [5.41, 5.74) is -1.61. The summed E-state index contributed by atoms with van der Waals surface area (Å²) in [6, 6.07) is 11.8. The van der Waals surface area contributed by atoms with E-state index < -0.39 is 40.9 Å². The highest BCUT2D eigenvalue weighted by Gasteiger charge is 2.48. The summed E-state index contributed by atoms with van der Waals surface area (Å²) in [5, 5.41) is 22.7. The molecule has 0 fully saturated rings. The van der Waals surface area contributed by atoms with Crippen LogP contribution in [0.1, 0.15) is 63.2 Å². The van der Waals surface area contributed by atoms with Gasteiger partial charge < -0.3 is 20.4 Å². The summed E-state index contributed by atoms with van der Waals surface area (Å²) < 4.78 is 39.4. The van der Waals surface area contributed by atoms with Crippen LogP contribution in [0.15, 0.2) is 54.6 Å². The molecule has 0 aliphatic carbocycles. The summed E-state index contributed by atoms with van der Waals surface area (Å²) in [4.78, 5) is 52.9. The van der Waals surface area contributed by atoms with Gasteiger partial charge in [0.25, 0.3) is 11.8 Å². The van der Waals surface area contributed by atoms with Crippen molar-refractivity contribution in [1.29, 1.82) is 0 Å². The van der Waals surface area contributed by atoms with Gasteiger partial charge in [0.1, 0.15) is 0 Å². The SMILES string of the molecule is CCc1c(C(CC)(C(=O)O)C(=O)O)ccc(NC(=O)c2cccc(C)c2-c2ccc(C(F)(F)F)cc2)c1C(=O)N(C)C. The molecule has 42 heavy (non-hydrogen) atoms. The van der Waals surface area contributed by atoms with Gasteiger partial charge in [-0.2, -0.15) is 13.2 Å². The van der Waals surface area contributed by atoms with Crippen molar-refractivity contribution in [1.82, 2.24) is 4.90 Å². The van der Waals surface area contributed by atoms with Crippen LogP contribution >= 0.6 is 0 Å². The van der Waals surface area contributed by atoms with E-state index in [-0.39, 0.29) is 40.8 Å². The third-order valence-corrected chi connectivity index (χ3v) is 7.27. The number of aryl methyl sites for hydroxylation is 1. The second-order valence-electron chi connectivity index (χ2n) is 9.96. The van der Waals surface area contributed by atoms with Crippen LogP contribution in [0.4, 0.5) is 18.9 Å². The lowest BCUT2D eigenvalue weighted by atomic mass is 9.74. The molecular weight excluding hydrogens is 553 g/mol. The number of anilines is 1. The largest absolute Gasteiger partial charge is 0.480 e. The number of carboxylic acids is 2. The number of amides is 2. The first kappa shape index (κ1) is 31.9. The highest BCUT2D eigenvalue weighted by atomic mass is 19.4. The number of carbonyl (C=O) groups is 4. The molecule has 0 bridgehead atoms. The van der Waals surface area contributed by atoms with Gasteiger partial charge >= 0.3 is 18.1 Å². The Balaban J connectivity index is 2.21. The van der Waals surface area contributed by atoms with Crippen molar-refractivity contribution < 1.29 is 42.6 Å². The molecular formula is C31H31F3N2O6. The minimum atomic E-state index is -4.53. The lowest BCUT2D eigenvalue weighted by molar-refractivity contribution is -0.158. The summed E-state index contributed by atoms with van der Waals surface area (Å²) in [6.45, 7) is 4.77. The van der Waals surface area contributed by atoms with Crippen LogP contribution in [-0.2, 0) is 27.6 Å². The number of nitrogens with zero attached hydrogens (tertiary/aromatic N) is 1. The fraction of sp³-hybridized carbons (Fsp3) is 0.290. The van der Waals surface area contributed by atoms with E-state index in [2.05, 4.69) is 5.32 Å². The van der Waals surface area contributed by atoms with Gasteiger partial charge in [-0.3, -0.25) is 19.2 Å². The summed E-state index contributed by atoms with van der Waals surface area (Å²) in [6.07, 6.45) is -4.75. The van der Waals surface area contributed by atoms with E-state index in [9.17, 15) is 42.6 Å². The van der Waals surface area contributed by atoms with Gasteiger partial charge in [-0.15, -0.1) is 0 Å². The monoisotopic (exact) mass is 584 g/mol. The molecule has 0 aliphatic rings. The second-order valence-corrected chi connectivity index (χ2v) is 9.96. The van der Waals surface area contributed by atoms with Crippen LogP contribution in [0.25, 0.3) is 11.1 Å². The Morgan fingerprint density at radius 1 is 0.881 bits per heavy atom. The summed E-state index contributed by atoms with van der Waals surface area (Å²) in [5.74, 6) is -4.44. The Hall–Kier alpha value is -4.67. The maximum Gasteiger partial charge on any atom is 0.416 e. The number of halogens is 3. The predicted molar refractivity (Wildman–Crippen MR) is 151 cm³/mol. The number of alkyl halides is 3. The standard InChI is InChI=1S/C31H31F3N2O6/c1-6-20-22(30(7-2,28(39)40)29(41)42)15-16-23(25(20)27(38)36(4)5)35-26(37)21-10-8-9-17(3)24(21)18-11-13-19(14-12-18)31(32,33)34/h8-16H,6-7H2,1-5H3,(H,35,37)(H,39,40)(H,41,42). The highest BCUT2D eigenvalue weighted by Crippen LogP contribution is 2.38. The van der Waals surface area contributed by atoms with Crippen LogP contribution in [0, 0.1) is 6.92 Å². The Labute approximate surface area is 240 Å². The molecule has 0 saturated carbocycles. The van der Waals surface area contributed by atoms with Crippen molar-refractivity contribution in [2.24, 2.45) is 0 Å². The van der Waals surface area contributed by atoms with Crippen molar-refractivity contribution in [3.63, 3.8) is 0 Å². The van der Waals surface area contributed by atoms with E-state index in [1.807, 2.05) is 0 Å². The molecule has 0 heterocycles. The Kier molecular flexibility index (Phi) is 9.14. The van der Waals surface area contributed by atoms with Crippen molar-refractivity contribution in [2.45, 2.75) is 45.2 Å². The third kappa shape index (κ3) is 5.72. The lowest BCUT2D eigenvalue weighted by Crippen LogP contribution is -2.44. The second kappa shape index (κ2) is 12.1. The van der Waals surface area contributed by atoms with Crippen molar-refractivity contribution in [3.8, 4) is 11.1 Å². The normalized spacial score (nSPS) is 11.6. The minimum Gasteiger partial charge on any atom is -0.480 e. The van der Waals surface area contributed by atoms with Crippen LogP contribution in [0.5, 0.6) is 0 Å². The van der Waals surface area contributed by atoms with Gasteiger partial charge in [-0.05, 0) is 71.8 Å². The number of hydrogen-bond acceptors (Lipinski definition) is 4. The number of carbonyl (C=O) groups excluding carboxylic acids is 2. The van der Waals surface area contributed by atoms with Gasteiger partial charge in [-0.1, -0.05) is 44.2 Å². The number of carboxylic acid groups (broad SMARTS) is 2. The smallest absolute Gasteiger partial charge is 0.416 e. The molecule has 0 aliphatic heterocycles. The van der Waals surface area contributed by atoms with E-state index in [0.717, 1.165) is 12.1 Å². The highest BCUT2D eigenvalue weighted by molar-refractivity contribution is 6.13. The van der Waals surface area contributed by atoms with E-state index in [1.54, 1.807) is 26.0 Å². The zero-order valence-electron chi connectivity index (χ0n) is 23.7.